The molecule has 1 aromatic heterocycles. The molecule has 5 nitrogen and oxygen atoms in total. The number of halogens is 1. The summed E-state index contributed by atoms with van der Waals surface area (Å²) in [6.45, 7) is 5.06. The number of nitrogens with one attached hydrogen (secondary N) is 2. The van der Waals surface area contributed by atoms with Crippen LogP contribution in [0.1, 0.15) is 31.7 Å². The third kappa shape index (κ3) is 4.61. The Morgan fingerprint density at radius 1 is 1.15 bits per heavy atom. The lowest BCUT2D eigenvalue weighted by molar-refractivity contribution is -0.121. The SMILES string of the molecule is CC(C)C(CC(=O)NCCn1c(=O)[nH]c2ccccc21)c1ccc(Cl)cc1. The van der Waals surface area contributed by atoms with Crippen LogP contribution in [0.2, 0.25) is 5.02 Å². The average Bonchev–Trinajstić information content (AvgIpc) is 2.96. The van der Waals surface area contributed by atoms with E-state index < -0.39 is 0 Å². The normalized spacial score (nSPS) is 12.4. The quantitative estimate of drug-likeness (QED) is 0.647. The predicted octanol–water partition coefficient (Wildman–Crippen LogP) is 3.93. The first-order chi connectivity index (χ1) is 13.0. The Morgan fingerprint density at radius 2 is 1.85 bits per heavy atom. The Labute approximate surface area is 163 Å². The lowest BCUT2D eigenvalue weighted by Crippen LogP contribution is -2.31. The first kappa shape index (κ1) is 19.2. The minimum atomic E-state index is -0.160. The molecule has 0 radical (unpaired) electrons. The van der Waals surface area contributed by atoms with Crippen LogP contribution in [0, 0.1) is 5.92 Å². The second-order valence-corrected chi connectivity index (χ2v) is 7.49. The lowest BCUT2D eigenvalue weighted by atomic mass is 9.85. The number of hydrogen-bond acceptors (Lipinski definition) is 2. The number of amides is 1. The molecule has 1 amide bonds. The van der Waals surface area contributed by atoms with E-state index in [1.807, 2.05) is 48.5 Å². The first-order valence-corrected chi connectivity index (χ1v) is 9.53. The van der Waals surface area contributed by atoms with Crippen LogP contribution in [0.4, 0.5) is 0 Å². The molecular formula is C21H24ClN3O2. The van der Waals surface area contributed by atoms with E-state index in [1.54, 1.807) is 4.57 Å². The fourth-order valence-corrected chi connectivity index (χ4v) is 3.48. The van der Waals surface area contributed by atoms with Crippen molar-refractivity contribution in [2.24, 2.45) is 5.92 Å². The second-order valence-electron chi connectivity index (χ2n) is 7.06. The molecule has 0 saturated carbocycles. The minimum Gasteiger partial charge on any atom is -0.354 e. The van der Waals surface area contributed by atoms with Crippen LogP contribution in [-0.4, -0.2) is 22.0 Å². The Bertz CT molecular complexity index is 973. The molecule has 1 heterocycles. The molecule has 0 aliphatic heterocycles. The van der Waals surface area contributed by atoms with E-state index in [-0.39, 0.29) is 17.5 Å². The van der Waals surface area contributed by atoms with Gasteiger partial charge in [-0.2, -0.15) is 0 Å². The van der Waals surface area contributed by atoms with E-state index in [2.05, 4.69) is 24.1 Å². The van der Waals surface area contributed by atoms with E-state index in [0.29, 0.717) is 30.5 Å². The summed E-state index contributed by atoms with van der Waals surface area (Å²) in [6.07, 6.45) is 0.405. The van der Waals surface area contributed by atoms with Crippen LogP contribution in [0.3, 0.4) is 0 Å². The minimum absolute atomic E-state index is 0.0171. The zero-order chi connectivity index (χ0) is 19.4. The third-order valence-corrected chi connectivity index (χ3v) is 5.10. The summed E-state index contributed by atoms with van der Waals surface area (Å²) >= 11 is 5.96. The van der Waals surface area contributed by atoms with E-state index in [0.717, 1.165) is 16.6 Å². The van der Waals surface area contributed by atoms with E-state index >= 15 is 0 Å². The van der Waals surface area contributed by atoms with Crippen molar-refractivity contribution in [2.45, 2.75) is 32.7 Å². The number of hydrogen-bond donors (Lipinski definition) is 2. The van der Waals surface area contributed by atoms with Crippen molar-refractivity contribution in [3.05, 3.63) is 69.6 Å². The maximum atomic E-state index is 12.4. The number of carbonyl (C=O) groups is 1. The van der Waals surface area contributed by atoms with Gasteiger partial charge in [-0.15, -0.1) is 0 Å². The highest BCUT2D eigenvalue weighted by molar-refractivity contribution is 6.30. The van der Waals surface area contributed by atoms with Crippen molar-refractivity contribution >= 4 is 28.5 Å². The first-order valence-electron chi connectivity index (χ1n) is 9.15. The van der Waals surface area contributed by atoms with Gasteiger partial charge in [0.25, 0.3) is 0 Å². The number of carbonyl (C=O) groups excluding carboxylic acids is 1. The Hall–Kier alpha value is -2.53. The van der Waals surface area contributed by atoms with Gasteiger partial charge in [-0.1, -0.05) is 49.7 Å². The summed E-state index contributed by atoms with van der Waals surface area (Å²) in [5.74, 6) is 0.433. The average molecular weight is 386 g/mol. The molecule has 0 bridgehead atoms. The molecule has 3 rings (SSSR count). The molecular weight excluding hydrogens is 362 g/mol. The monoisotopic (exact) mass is 385 g/mol. The smallest absolute Gasteiger partial charge is 0.326 e. The number of rotatable bonds is 7. The number of benzene rings is 2. The number of fused-ring (bicyclic) bond motifs is 1. The number of nitrogens with zero attached hydrogens (tertiary/aromatic N) is 1. The van der Waals surface area contributed by atoms with Gasteiger partial charge < -0.3 is 10.3 Å². The number of aromatic nitrogens is 2. The maximum Gasteiger partial charge on any atom is 0.326 e. The highest BCUT2D eigenvalue weighted by Gasteiger charge is 2.19. The van der Waals surface area contributed by atoms with Gasteiger partial charge in [0.1, 0.15) is 0 Å². The zero-order valence-electron chi connectivity index (χ0n) is 15.5. The molecule has 1 atom stereocenters. The van der Waals surface area contributed by atoms with Crippen LogP contribution >= 0.6 is 11.6 Å². The summed E-state index contributed by atoms with van der Waals surface area (Å²) in [7, 11) is 0. The molecule has 0 spiro atoms. The highest BCUT2D eigenvalue weighted by atomic mass is 35.5. The second kappa shape index (κ2) is 8.44. The predicted molar refractivity (Wildman–Crippen MR) is 109 cm³/mol. The lowest BCUT2D eigenvalue weighted by Gasteiger charge is -2.21. The van der Waals surface area contributed by atoms with Gasteiger partial charge in [0.15, 0.2) is 0 Å². The van der Waals surface area contributed by atoms with Crippen LogP contribution in [-0.2, 0) is 11.3 Å². The molecule has 1 unspecified atom stereocenters. The van der Waals surface area contributed by atoms with Gasteiger partial charge in [0.05, 0.1) is 11.0 Å². The van der Waals surface area contributed by atoms with Gasteiger partial charge in [-0.05, 0) is 41.7 Å². The zero-order valence-corrected chi connectivity index (χ0v) is 16.3. The van der Waals surface area contributed by atoms with Crippen molar-refractivity contribution in [1.82, 2.24) is 14.9 Å². The molecule has 0 saturated heterocycles. The molecule has 0 aliphatic carbocycles. The summed E-state index contributed by atoms with van der Waals surface area (Å²) < 4.78 is 1.65. The summed E-state index contributed by atoms with van der Waals surface area (Å²) in [6, 6.07) is 15.2. The van der Waals surface area contributed by atoms with Crippen molar-refractivity contribution in [1.29, 1.82) is 0 Å². The molecule has 142 valence electrons. The highest BCUT2D eigenvalue weighted by Crippen LogP contribution is 2.28. The van der Waals surface area contributed by atoms with Crippen molar-refractivity contribution < 1.29 is 4.79 Å². The van der Waals surface area contributed by atoms with Gasteiger partial charge in [0, 0.05) is 24.5 Å². The molecule has 2 aromatic carbocycles. The topological polar surface area (TPSA) is 66.9 Å². The molecule has 0 fully saturated rings. The molecule has 2 N–H and O–H groups in total. The standard InChI is InChI=1S/C21H24ClN3O2/c1-14(2)17(15-7-9-16(22)10-8-15)13-20(26)23-11-12-25-19-6-4-3-5-18(19)24-21(25)27/h3-10,14,17H,11-13H2,1-2H3,(H,23,26)(H,24,27). The Balaban J connectivity index is 1.60. The maximum absolute atomic E-state index is 12.4. The van der Waals surface area contributed by atoms with Crippen LogP contribution in [0.5, 0.6) is 0 Å². The van der Waals surface area contributed by atoms with Gasteiger partial charge in [-0.3, -0.25) is 9.36 Å². The Morgan fingerprint density at radius 3 is 2.56 bits per heavy atom. The van der Waals surface area contributed by atoms with Gasteiger partial charge in [0.2, 0.25) is 5.91 Å². The number of para-hydroxylation sites is 2. The van der Waals surface area contributed by atoms with Crippen LogP contribution in [0.25, 0.3) is 11.0 Å². The number of aromatic amines is 1. The Kier molecular flexibility index (Phi) is 6.01. The number of imidazole rings is 1. The van der Waals surface area contributed by atoms with Gasteiger partial charge >= 0.3 is 5.69 Å². The molecule has 6 heteroatoms. The van der Waals surface area contributed by atoms with Crippen molar-refractivity contribution in [3.63, 3.8) is 0 Å². The molecule has 0 aliphatic rings. The van der Waals surface area contributed by atoms with Crippen molar-refractivity contribution in [2.75, 3.05) is 6.54 Å². The van der Waals surface area contributed by atoms with Crippen LogP contribution < -0.4 is 11.0 Å². The fraction of sp³-hybridized carbons (Fsp3) is 0.333. The molecule has 27 heavy (non-hydrogen) atoms. The molecule has 3 aromatic rings. The van der Waals surface area contributed by atoms with E-state index in [1.165, 1.54) is 0 Å². The fourth-order valence-electron chi connectivity index (χ4n) is 3.36. The summed E-state index contributed by atoms with van der Waals surface area (Å²) in [5.41, 5.74) is 2.60. The van der Waals surface area contributed by atoms with E-state index in [9.17, 15) is 9.59 Å². The van der Waals surface area contributed by atoms with Crippen LogP contribution in [0.15, 0.2) is 53.3 Å². The largest absolute Gasteiger partial charge is 0.354 e. The summed E-state index contributed by atoms with van der Waals surface area (Å²) in [4.78, 5) is 27.3. The summed E-state index contributed by atoms with van der Waals surface area (Å²) in [5, 5.41) is 3.63. The van der Waals surface area contributed by atoms with Crippen molar-refractivity contribution in [3.8, 4) is 0 Å². The third-order valence-electron chi connectivity index (χ3n) is 4.85. The van der Waals surface area contributed by atoms with Gasteiger partial charge in [-0.25, -0.2) is 4.79 Å². The number of H-pyrrole nitrogens is 1. The van der Waals surface area contributed by atoms with E-state index in [4.69, 9.17) is 11.6 Å².